The van der Waals surface area contributed by atoms with Gasteiger partial charge >= 0.3 is 0 Å². The summed E-state index contributed by atoms with van der Waals surface area (Å²) in [6.45, 7) is 2.17. The highest BCUT2D eigenvalue weighted by Crippen LogP contribution is 2.37. The Morgan fingerprint density at radius 2 is 1.75 bits per heavy atom. The van der Waals surface area contributed by atoms with Gasteiger partial charge in [-0.1, -0.05) is 0 Å². The van der Waals surface area contributed by atoms with Gasteiger partial charge < -0.3 is 15.5 Å². The summed E-state index contributed by atoms with van der Waals surface area (Å²) in [5.74, 6) is 1.89. The third kappa shape index (κ3) is 2.32. The van der Waals surface area contributed by atoms with Crippen LogP contribution in [0.2, 0.25) is 0 Å². The fourth-order valence-electron chi connectivity index (χ4n) is 1.31. The Bertz CT molecular complexity index is 385. The molecule has 16 heavy (non-hydrogen) atoms. The lowest BCUT2D eigenvalue weighted by Gasteiger charge is -2.15. The maximum absolute atomic E-state index is 4.36. The lowest BCUT2D eigenvalue weighted by Crippen LogP contribution is -2.21. The predicted octanol–water partition coefficient (Wildman–Crippen LogP) is 0.944. The van der Waals surface area contributed by atoms with Crippen LogP contribution in [0.1, 0.15) is 19.8 Å². The van der Waals surface area contributed by atoms with E-state index in [-0.39, 0.29) is 5.54 Å². The van der Waals surface area contributed by atoms with E-state index in [1.807, 2.05) is 19.0 Å². The quantitative estimate of drug-likeness (QED) is 0.790. The van der Waals surface area contributed by atoms with Gasteiger partial charge in [0.15, 0.2) is 0 Å². The number of aromatic nitrogens is 3. The van der Waals surface area contributed by atoms with Crippen molar-refractivity contribution in [1.82, 2.24) is 15.0 Å². The van der Waals surface area contributed by atoms with Gasteiger partial charge in [-0.2, -0.15) is 15.0 Å². The van der Waals surface area contributed by atoms with Crippen molar-refractivity contribution in [2.75, 3.05) is 36.7 Å². The van der Waals surface area contributed by atoms with Crippen LogP contribution in [0.25, 0.3) is 0 Å². The SMILES string of the molecule is CNc1nc(NC2(C)CC2)nc(N(C)C)n1. The van der Waals surface area contributed by atoms with Crippen molar-refractivity contribution in [3.8, 4) is 0 Å². The van der Waals surface area contributed by atoms with Crippen LogP contribution in [0.15, 0.2) is 0 Å². The second-order valence-electron chi connectivity index (χ2n) is 4.61. The molecule has 6 nitrogen and oxygen atoms in total. The van der Waals surface area contributed by atoms with E-state index in [0.29, 0.717) is 17.8 Å². The molecular weight excluding hydrogens is 204 g/mol. The Morgan fingerprint density at radius 1 is 1.12 bits per heavy atom. The van der Waals surface area contributed by atoms with Gasteiger partial charge in [0.1, 0.15) is 0 Å². The van der Waals surface area contributed by atoms with Crippen molar-refractivity contribution >= 4 is 17.8 Å². The summed E-state index contributed by atoms with van der Waals surface area (Å²) in [5.41, 5.74) is 0.177. The maximum atomic E-state index is 4.36. The molecule has 0 radical (unpaired) electrons. The summed E-state index contributed by atoms with van der Waals surface area (Å²) in [5, 5.41) is 6.27. The number of nitrogens with zero attached hydrogens (tertiary/aromatic N) is 4. The normalized spacial score (nSPS) is 16.8. The Morgan fingerprint density at radius 3 is 2.25 bits per heavy atom. The van der Waals surface area contributed by atoms with E-state index < -0.39 is 0 Å². The Labute approximate surface area is 95.5 Å². The van der Waals surface area contributed by atoms with Crippen LogP contribution < -0.4 is 15.5 Å². The molecule has 0 unspecified atom stereocenters. The fourth-order valence-corrected chi connectivity index (χ4v) is 1.31. The second kappa shape index (κ2) is 3.77. The summed E-state index contributed by atoms with van der Waals surface area (Å²) in [4.78, 5) is 14.8. The molecule has 0 atom stereocenters. The lowest BCUT2D eigenvalue weighted by atomic mass is 10.3. The second-order valence-corrected chi connectivity index (χ2v) is 4.61. The van der Waals surface area contributed by atoms with E-state index in [1.165, 1.54) is 12.8 Å². The number of anilines is 3. The third-order valence-electron chi connectivity index (χ3n) is 2.66. The minimum Gasteiger partial charge on any atom is -0.357 e. The molecule has 6 heteroatoms. The zero-order valence-electron chi connectivity index (χ0n) is 10.2. The van der Waals surface area contributed by atoms with E-state index in [4.69, 9.17) is 0 Å². The van der Waals surface area contributed by atoms with Crippen LogP contribution >= 0.6 is 0 Å². The first-order valence-corrected chi connectivity index (χ1v) is 5.42. The monoisotopic (exact) mass is 222 g/mol. The molecule has 1 aromatic rings. The molecular formula is C10H18N6. The minimum atomic E-state index is 0.177. The Kier molecular flexibility index (Phi) is 2.57. The molecule has 1 aliphatic rings. The molecule has 1 saturated carbocycles. The van der Waals surface area contributed by atoms with E-state index in [1.54, 1.807) is 7.05 Å². The molecule has 0 spiro atoms. The topological polar surface area (TPSA) is 66.0 Å². The van der Waals surface area contributed by atoms with Crippen molar-refractivity contribution < 1.29 is 0 Å². The van der Waals surface area contributed by atoms with Gasteiger partial charge in [-0.25, -0.2) is 0 Å². The predicted molar refractivity (Wildman–Crippen MR) is 65.0 cm³/mol. The Hall–Kier alpha value is -1.59. The highest BCUT2D eigenvalue weighted by Gasteiger charge is 2.38. The van der Waals surface area contributed by atoms with E-state index in [9.17, 15) is 0 Å². The van der Waals surface area contributed by atoms with Gasteiger partial charge in [0.05, 0.1) is 0 Å². The molecule has 2 N–H and O–H groups in total. The minimum absolute atomic E-state index is 0.177. The Balaban J connectivity index is 2.25. The van der Waals surface area contributed by atoms with Gasteiger partial charge in [-0.3, -0.25) is 0 Å². The smallest absolute Gasteiger partial charge is 0.231 e. The van der Waals surface area contributed by atoms with Crippen molar-refractivity contribution in [2.45, 2.75) is 25.3 Å². The van der Waals surface area contributed by atoms with Crippen LogP contribution in [0.5, 0.6) is 0 Å². The largest absolute Gasteiger partial charge is 0.357 e. The van der Waals surface area contributed by atoms with Crippen LogP contribution in [0.4, 0.5) is 17.8 Å². The highest BCUT2D eigenvalue weighted by molar-refractivity contribution is 5.44. The number of hydrogen-bond acceptors (Lipinski definition) is 6. The standard InChI is InChI=1S/C10H18N6/c1-10(5-6-10)15-8-12-7(11-2)13-9(14-8)16(3)4/h5-6H2,1-4H3,(H2,11,12,13,14,15). The first kappa shape index (κ1) is 10.9. The number of nitrogens with one attached hydrogen (secondary N) is 2. The summed E-state index contributed by atoms with van der Waals surface area (Å²) < 4.78 is 0. The molecule has 1 aromatic heterocycles. The summed E-state index contributed by atoms with van der Waals surface area (Å²) in [6, 6.07) is 0. The van der Waals surface area contributed by atoms with E-state index in [0.717, 1.165) is 0 Å². The average molecular weight is 222 g/mol. The molecule has 0 aromatic carbocycles. The number of hydrogen-bond donors (Lipinski definition) is 2. The molecule has 0 bridgehead atoms. The van der Waals surface area contributed by atoms with Crippen LogP contribution in [-0.2, 0) is 0 Å². The van der Waals surface area contributed by atoms with Crippen LogP contribution in [-0.4, -0.2) is 41.6 Å². The summed E-state index contributed by atoms with van der Waals surface area (Å²) in [7, 11) is 5.63. The van der Waals surface area contributed by atoms with Crippen LogP contribution in [0.3, 0.4) is 0 Å². The molecule has 0 amide bonds. The number of rotatable bonds is 4. The van der Waals surface area contributed by atoms with Gasteiger partial charge in [-0.15, -0.1) is 0 Å². The summed E-state index contributed by atoms with van der Waals surface area (Å²) in [6.07, 6.45) is 2.34. The molecule has 1 aliphatic carbocycles. The van der Waals surface area contributed by atoms with Crippen LogP contribution in [0, 0.1) is 0 Å². The lowest BCUT2D eigenvalue weighted by molar-refractivity contribution is 0.803. The van der Waals surface area contributed by atoms with Gasteiger partial charge in [-0.05, 0) is 19.8 Å². The highest BCUT2D eigenvalue weighted by atomic mass is 15.3. The molecule has 88 valence electrons. The summed E-state index contributed by atoms with van der Waals surface area (Å²) >= 11 is 0. The van der Waals surface area contributed by atoms with E-state index in [2.05, 4.69) is 32.5 Å². The van der Waals surface area contributed by atoms with Gasteiger partial charge in [0.25, 0.3) is 0 Å². The van der Waals surface area contributed by atoms with Crippen molar-refractivity contribution in [1.29, 1.82) is 0 Å². The van der Waals surface area contributed by atoms with Crippen molar-refractivity contribution in [3.63, 3.8) is 0 Å². The molecule has 0 aliphatic heterocycles. The first-order valence-electron chi connectivity index (χ1n) is 5.42. The molecule has 1 fully saturated rings. The van der Waals surface area contributed by atoms with Gasteiger partial charge in [0, 0.05) is 26.7 Å². The maximum Gasteiger partial charge on any atom is 0.231 e. The molecule has 1 heterocycles. The zero-order valence-corrected chi connectivity index (χ0v) is 10.2. The molecule has 2 rings (SSSR count). The van der Waals surface area contributed by atoms with E-state index >= 15 is 0 Å². The average Bonchev–Trinajstić information content (AvgIpc) is 2.95. The molecule has 0 saturated heterocycles. The fraction of sp³-hybridized carbons (Fsp3) is 0.700. The zero-order chi connectivity index (χ0) is 11.8. The third-order valence-corrected chi connectivity index (χ3v) is 2.66. The van der Waals surface area contributed by atoms with Crippen molar-refractivity contribution in [3.05, 3.63) is 0 Å². The van der Waals surface area contributed by atoms with Gasteiger partial charge in [0.2, 0.25) is 17.8 Å². The first-order chi connectivity index (χ1) is 7.52. The van der Waals surface area contributed by atoms with Crippen molar-refractivity contribution in [2.24, 2.45) is 0 Å².